The molecular formula is C21H25NO8S. The molecule has 0 spiro atoms. The van der Waals surface area contributed by atoms with Gasteiger partial charge in [-0.25, -0.2) is 9.59 Å². The summed E-state index contributed by atoms with van der Waals surface area (Å²) in [7, 11) is 4.43. The van der Waals surface area contributed by atoms with Crippen LogP contribution >= 0.6 is 11.3 Å². The van der Waals surface area contributed by atoms with E-state index in [4.69, 9.17) is 23.7 Å². The zero-order valence-electron chi connectivity index (χ0n) is 18.0. The molecule has 1 amide bonds. The molecule has 0 saturated carbocycles. The molecule has 2 aromatic rings. The molecular weight excluding hydrogens is 426 g/mol. The number of nitrogens with one attached hydrogen (secondary N) is 1. The van der Waals surface area contributed by atoms with Gasteiger partial charge in [0, 0.05) is 18.7 Å². The summed E-state index contributed by atoms with van der Waals surface area (Å²) in [4.78, 5) is 38.0. The van der Waals surface area contributed by atoms with Crippen molar-refractivity contribution in [2.75, 3.05) is 46.5 Å². The molecule has 0 aliphatic rings. The topological polar surface area (TPSA) is 109 Å². The van der Waals surface area contributed by atoms with Crippen LogP contribution in [0.4, 0.5) is 5.00 Å². The van der Waals surface area contributed by atoms with Gasteiger partial charge in [-0.2, -0.15) is 0 Å². The number of benzene rings is 1. The van der Waals surface area contributed by atoms with E-state index in [0.29, 0.717) is 17.1 Å². The van der Waals surface area contributed by atoms with E-state index in [1.54, 1.807) is 19.9 Å². The molecule has 0 aliphatic carbocycles. The Morgan fingerprint density at radius 1 is 0.935 bits per heavy atom. The Hall–Kier alpha value is -3.11. The largest absolute Gasteiger partial charge is 0.497 e. The molecule has 1 heterocycles. The number of hydrogen-bond donors (Lipinski definition) is 1. The quantitative estimate of drug-likeness (QED) is 0.433. The summed E-state index contributed by atoms with van der Waals surface area (Å²) >= 11 is 0.939. The first kappa shape index (κ1) is 24.2. The van der Waals surface area contributed by atoms with Crippen molar-refractivity contribution in [3.8, 4) is 11.5 Å². The first-order valence-corrected chi connectivity index (χ1v) is 10.2. The van der Waals surface area contributed by atoms with Gasteiger partial charge in [0.1, 0.15) is 28.0 Å². The van der Waals surface area contributed by atoms with Gasteiger partial charge < -0.3 is 29.0 Å². The lowest BCUT2D eigenvalue weighted by molar-refractivity contribution is 0.0392. The molecule has 0 aliphatic heterocycles. The summed E-state index contributed by atoms with van der Waals surface area (Å²) < 4.78 is 25.5. The fourth-order valence-corrected chi connectivity index (χ4v) is 3.73. The highest BCUT2D eigenvalue weighted by Gasteiger charge is 2.27. The Kier molecular flexibility index (Phi) is 8.83. The van der Waals surface area contributed by atoms with Crippen LogP contribution < -0.4 is 14.8 Å². The summed E-state index contributed by atoms with van der Waals surface area (Å²) in [6, 6.07) is 4.69. The highest BCUT2D eigenvalue weighted by atomic mass is 32.1. The average molecular weight is 451 g/mol. The number of ether oxygens (including phenoxy) is 5. The monoisotopic (exact) mass is 451 g/mol. The average Bonchev–Trinajstić information content (AvgIpc) is 3.09. The predicted octanol–water partition coefficient (Wildman–Crippen LogP) is 3.31. The van der Waals surface area contributed by atoms with E-state index < -0.39 is 17.8 Å². The van der Waals surface area contributed by atoms with Crippen LogP contribution in [0.25, 0.3) is 0 Å². The molecule has 1 aromatic carbocycles. The van der Waals surface area contributed by atoms with Gasteiger partial charge in [-0.1, -0.05) is 0 Å². The minimum Gasteiger partial charge on any atom is -0.497 e. The summed E-state index contributed by atoms with van der Waals surface area (Å²) in [6.07, 6.45) is 0. The van der Waals surface area contributed by atoms with Crippen LogP contribution in [0.2, 0.25) is 0 Å². The molecule has 168 valence electrons. The lowest BCUT2D eigenvalue weighted by Crippen LogP contribution is -2.15. The Morgan fingerprint density at radius 3 is 2.13 bits per heavy atom. The summed E-state index contributed by atoms with van der Waals surface area (Å²) in [5.41, 5.74) is 0.722. The second-order valence-electron chi connectivity index (χ2n) is 6.16. The molecule has 0 saturated heterocycles. The third-order valence-corrected chi connectivity index (χ3v) is 5.36. The Labute approximate surface area is 184 Å². The van der Waals surface area contributed by atoms with Crippen molar-refractivity contribution < 1.29 is 38.1 Å². The number of methoxy groups -OCH3 is 3. The van der Waals surface area contributed by atoms with Crippen LogP contribution in [0.5, 0.6) is 11.5 Å². The third-order valence-electron chi connectivity index (χ3n) is 4.17. The molecule has 0 unspecified atom stereocenters. The maximum Gasteiger partial charge on any atom is 0.348 e. The van der Waals surface area contributed by atoms with E-state index in [1.165, 1.54) is 33.5 Å². The van der Waals surface area contributed by atoms with Crippen molar-refractivity contribution in [3.63, 3.8) is 0 Å². The molecule has 31 heavy (non-hydrogen) atoms. The fraction of sp³-hybridized carbons (Fsp3) is 0.381. The first-order valence-electron chi connectivity index (χ1n) is 9.37. The molecule has 0 radical (unpaired) electrons. The minimum atomic E-state index is -0.647. The van der Waals surface area contributed by atoms with Crippen molar-refractivity contribution in [2.24, 2.45) is 0 Å². The Bertz CT molecular complexity index is 931. The maximum absolute atomic E-state index is 12.9. The van der Waals surface area contributed by atoms with Crippen molar-refractivity contribution >= 4 is 34.2 Å². The molecule has 9 nitrogen and oxygen atoms in total. The number of rotatable bonds is 10. The number of carbonyl (C=O) groups is 3. The number of anilines is 1. The van der Waals surface area contributed by atoms with E-state index in [1.807, 2.05) is 0 Å². The van der Waals surface area contributed by atoms with Gasteiger partial charge in [-0.05, 0) is 31.5 Å². The second kappa shape index (κ2) is 11.3. The number of esters is 2. The summed E-state index contributed by atoms with van der Waals surface area (Å²) in [5, 5.41) is 2.87. The highest BCUT2D eigenvalue weighted by Crippen LogP contribution is 2.35. The molecule has 10 heteroatoms. The Morgan fingerprint density at radius 2 is 1.58 bits per heavy atom. The number of carbonyl (C=O) groups excluding carboxylic acids is 3. The van der Waals surface area contributed by atoms with E-state index in [9.17, 15) is 14.4 Å². The van der Waals surface area contributed by atoms with Gasteiger partial charge in [-0.15, -0.1) is 11.3 Å². The molecule has 0 atom stereocenters. The van der Waals surface area contributed by atoms with Crippen LogP contribution in [0.1, 0.15) is 42.9 Å². The number of hydrogen-bond acceptors (Lipinski definition) is 9. The normalized spacial score (nSPS) is 10.4. The lowest BCUT2D eigenvalue weighted by atomic mass is 10.1. The summed E-state index contributed by atoms with van der Waals surface area (Å²) in [5.74, 6) is -0.914. The molecule has 1 aromatic heterocycles. The second-order valence-corrected chi connectivity index (χ2v) is 7.19. The van der Waals surface area contributed by atoms with Gasteiger partial charge in [0.15, 0.2) is 0 Å². The van der Waals surface area contributed by atoms with Crippen molar-refractivity contribution in [1.82, 2.24) is 0 Å². The van der Waals surface area contributed by atoms with Gasteiger partial charge in [0.25, 0.3) is 5.91 Å². The SMILES string of the molecule is CCOC(=O)c1c(NC(=O)c2cc(OC)cc(OC)c2)sc(C(=O)OCCOC)c1C. The van der Waals surface area contributed by atoms with Gasteiger partial charge in [0.2, 0.25) is 0 Å². The zero-order chi connectivity index (χ0) is 23.0. The fourth-order valence-electron chi connectivity index (χ4n) is 2.64. The predicted molar refractivity (Wildman–Crippen MR) is 115 cm³/mol. The lowest BCUT2D eigenvalue weighted by Gasteiger charge is -2.10. The molecule has 0 bridgehead atoms. The standard InChI is InChI=1S/C21H25NO8S/c1-6-29-20(24)16-12(2)17(21(25)30-8-7-26-3)31-19(16)22-18(23)13-9-14(27-4)11-15(10-13)28-5/h9-11H,6-8H2,1-5H3,(H,22,23). The van der Waals surface area contributed by atoms with Crippen molar-refractivity contribution in [2.45, 2.75) is 13.8 Å². The number of thiophene rings is 1. The van der Waals surface area contributed by atoms with Crippen LogP contribution in [-0.2, 0) is 14.2 Å². The smallest absolute Gasteiger partial charge is 0.348 e. The minimum absolute atomic E-state index is 0.0622. The van der Waals surface area contributed by atoms with Crippen LogP contribution in [0, 0.1) is 6.92 Å². The molecule has 1 N–H and O–H groups in total. The van der Waals surface area contributed by atoms with Gasteiger partial charge in [-0.3, -0.25) is 4.79 Å². The molecule has 0 fully saturated rings. The zero-order valence-corrected chi connectivity index (χ0v) is 18.8. The number of amides is 1. The van der Waals surface area contributed by atoms with E-state index in [0.717, 1.165) is 11.3 Å². The third kappa shape index (κ3) is 5.96. The molecule has 2 rings (SSSR count). The summed E-state index contributed by atoms with van der Waals surface area (Å²) in [6.45, 7) is 3.71. The van der Waals surface area contributed by atoms with E-state index >= 15 is 0 Å². The van der Waals surface area contributed by atoms with Gasteiger partial charge >= 0.3 is 11.9 Å². The van der Waals surface area contributed by atoms with Crippen molar-refractivity contribution in [3.05, 3.63) is 39.8 Å². The maximum atomic E-state index is 12.9. The van der Waals surface area contributed by atoms with Crippen LogP contribution in [-0.4, -0.2) is 59.0 Å². The van der Waals surface area contributed by atoms with Gasteiger partial charge in [0.05, 0.1) is 33.0 Å². The van der Waals surface area contributed by atoms with E-state index in [-0.39, 0.29) is 40.8 Å². The van der Waals surface area contributed by atoms with Crippen LogP contribution in [0.3, 0.4) is 0 Å². The highest BCUT2D eigenvalue weighted by molar-refractivity contribution is 7.18. The van der Waals surface area contributed by atoms with Crippen molar-refractivity contribution in [1.29, 1.82) is 0 Å². The Balaban J connectivity index is 2.40. The van der Waals surface area contributed by atoms with Crippen LogP contribution in [0.15, 0.2) is 18.2 Å². The van der Waals surface area contributed by atoms with E-state index in [2.05, 4.69) is 5.32 Å². The first-order chi connectivity index (χ1) is 14.9.